The zero-order chi connectivity index (χ0) is 25.4. The van der Waals surface area contributed by atoms with Gasteiger partial charge in [-0.2, -0.15) is 4.39 Å². The highest BCUT2D eigenvalue weighted by molar-refractivity contribution is 6.12. The Morgan fingerprint density at radius 1 is 1.19 bits per heavy atom. The number of rotatable bonds is 4. The van der Waals surface area contributed by atoms with Crippen LogP contribution in [-0.4, -0.2) is 75.1 Å². The van der Waals surface area contributed by atoms with Crippen LogP contribution in [0.25, 0.3) is 5.65 Å². The van der Waals surface area contributed by atoms with Crippen LogP contribution in [0, 0.1) is 17.7 Å². The van der Waals surface area contributed by atoms with Gasteiger partial charge in [-0.05, 0) is 25.8 Å². The SMILES string of the molecule is CC1CN(C(=O)C2CCN(c3ccnc(F)c3NC(=O)c3c(N)nn4cc(F)cnc34)CC2)CCN1. The molecule has 2 fully saturated rings. The average Bonchev–Trinajstić information content (AvgIpc) is 3.19. The van der Waals surface area contributed by atoms with Gasteiger partial charge in [0, 0.05) is 50.9 Å². The number of carbonyl (C=O) groups is 2. The van der Waals surface area contributed by atoms with Crippen molar-refractivity contribution in [3.05, 3.63) is 42.0 Å². The lowest BCUT2D eigenvalue weighted by molar-refractivity contribution is -0.137. The molecule has 1 unspecified atom stereocenters. The molecule has 0 aliphatic carbocycles. The van der Waals surface area contributed by atoms with Crippen molar-refractivity contribution in [2.75, 3.05) is 48.7 Å². The molecular weight excluding hydrogens is 472 g/mol. The molecule has 13 heteroatoms. The number of pyridine rings is 1. The first-order valence-electron chi connectivity index (χ1n) is 11.8. The van der Waals surface area contributed by atoms with Gasteiger partial charge in [0.25, 0.3) is 5.91 Å². The maximum Gasteiger partial charge on any atom is 0.263 e. The summed E-state index contributed by atoms with van der Waals surface area (Å²) in [5.74, 6) is -2.36. The molecule has 0 saturated carbocycles. The number of fused-ring (bicyclic) bond motifs is 1. The summed E-state index contributed by atoms with van der Waals surface area (Å²) in [6, 6.07) is 1.89. The average molecular weight is 500 g/mol. The molecule has 0 aromatic carbocycles. The first-order chi connectivity index (χ1) is 17.3. The maximum absolute atomic E-state index is 14.8. The van der Waals surface area contributed by atoms with Crippen molar-refractivity contribution < 1.29 is 18.4 Å². The number of nitrogens with zero attached hydrogens (tertiary/aromatic N) is 6. The quantitative estimate of drug-likeness (QED) is 0.457. The fraction of sp³-hybridized carbons (Fsp3) is 0.435. The second-order valence-corrected chi connectivity index (χ2v) is 9.15. The van der Waals surface area contributed by atoms with Crippen LogP contribution in [0.1, 0.15) is 30.1 Å². The van der Waals surface area contributed by atoms with Crippen LogP contribution in [0.4, 0.5) is 26.0 Å². The zero-order valence-electron chi connectivity index (χ0n) is 19.7. The fourth-order valence-electron chi connectivity index (χ4n) is 4.89. The van der Waals surface area contributed by atoms with E-state index in [1.165, 1.54) is 6.20 Å². The third-order valence-corrected chi connectivity index (χ3v) is 6.68. The highest BCUT2D eigenvalue weighted by atomic mass is 19.1. The molecular formula is C23H27F2N9O2. The van der Waals surface area contributed by atoms with Crippen molar-refractivity contribution in [2.24, 2.45) is 5.92 Å². The van der Waals surface area contributed by atoms with Crippen LogP contribution in [-0.2, 0) is 4.79 Å². The Hall–Kier alpha value is -3.87. The van der Waals surface area contributed by atoms with Gasteiger partial charge in [0.05, 0.1) is 18.1 Å². The third-order valence-electron chi connectivity index (χ3n) is 6.68. The molecule has 2 aliphatic rings. The van der Waals surface area contributed by atoms with E-state index in [0.717, 1.165) is 23.5 Å². The molecule has 2 aliphatic heterocycles. The predicted molar refractivity (Wildman–Crippen MR) is 128 cm³/mol. The Morgan fingerprint density at radius 2 is 1.97 bits per heavy atom. The van der Waals surface area contributed by atoms with E-state index in [1.54, 1.807) is 6.07 Å². The van der Waals surface area contributed by atoms with Gasteiger partial charge in [0.15, 0.2) is 17.3 Å². The third kappa shape index (κ3) is 4.53. The van der Waals surface area contributed by atoms with Crippen LogP contribution in [0.15, 0.2) is 24.7 Å². The number of amides is 2. The summed E-state index contributed by atoms with van der Waals surface area (Å²) in [7, 11) is 0. The molecule has 3 aromatic heterocycles. The minimum absolute atomic E-state index is 0.0406. The summed E-state index contributed by atoms with van der Waals surface area (Å²) in [6.07, 6.45) is 4.54. The normalized spacial score (nSPS) is 19.0. The molecule has 2 saturated heterocycles. The topological polar surface area (TPSA) is 134 Å². The van der Waals surface area contributed by atoms with E-state index < -0.39 is 17.7 Å². The Labute approximate surface area is 205 Å². The van der Waals surface area contributed by atoms with Gasteiger partial charge in [0.1, 0.15) is 11.3 Å². The summed E-state index contributed by atoms with van der Waals surface area (Å²) < 4.78 is 29.4. The monoisotopic (exact) mass is 499 g/mol. The van der Waals surface area contributed by atoms with Gasteiger partial charge < -0.3 is 26.2 Å². The molecule has 3 aromatic rings. The van der Waals surface area contributed by atoms with Gasteiger partial charge in [-0.25, -0.2) is 18.9 Å². The van der Waals surface area contributed by atoms with Gasteiger partial charge in [-0.1, -0.05) is 0 Å². The van der Waals surface area contributed by atoms with Crippen LogP contribution in [0.3, 0.4) is 0 Å². The lowest BCUT2D eigenvalue weighted by atomic mass is 9.94. The number of nitrogens with one attached hydrogen (secondary N) is 2. The largest absolute Gasteiger partial charge is 0.381 e. The van der Waals surface area contributed by atoms with Gasteiger partial charge in [-0.15, -0.1) is 5.10 Å². The lowest BCUT2D eigenvalue weighted by Gasteiger charge is -2.38. The van der Waals surface area contributed by atoms with E-state index in [9.17, 15) is 18.4 Å². The minimum atomic E-state index is -0.858. The van der Waals surface area contributed by atoms with Crippen molar-refractivity contribution in [3.63, 3.8) is 0 Å². The van der Waals surface area contributed by atoms with Crippen molar-refractivity contribution >= 4 is 34.7 Å². The van der Waals surface area contributed by atoms with Gasteiger partial charge >= 0.3 is 0 Å². The fourth-order valence-corrected chi connectivity index (χ4v) is 4.89. The van der Waals surface area contributed by atoms with E-state index in [4.69, 9.17) is 5.73 Å². The van der Waals surface area contributed by atoms with Crippen LogP contribution >= 0.6 is 0 Å². The number of hydrogen-bond donors (Lipinski definition) is 3. The number of nitrogen functional groups attached to an aromatic ring is 1. The van der Waals surface area contributed by atoms with Crippen molar-refractivity contribution in [3.8, 4) is 0 Å². The Kier molecular flexibility index (Phi) is 6.39. The number of piperazine rings is 1. The second kappa shape index (κ2) is 9.64. The zero-order valence-corrected chi connectivity index (χ0v) is 19.7. The summed E-state index contributed by atoms with van der Waals surface area (Å²) >= 11 is 0. The highest BCUT2D eigenvalue weighted by Crippen LogP contribution is 2.32. The Balaban J connectivity index is 1.32. The molecule has 0 bridgehead atoms. The molecule has 1 atom stereocenters. The Bertz CT molecular complexity index is 1310. The first-order valence-corrected chi connectivity index (χ1v) is 11.8. The summed E-state index contributed by atoms with van der Waals surface area (Å²) in [6.45, 7) is 5.27. The number of halogens is 2. The van der Waals surface area contributed by atoms with Crippen LogP contribution in [0.5, 0.6) is 0 Å². The minimum Gasteiger partial charge on any atom is -0.381 e. The highest BCUT2D eigenvalue weighted by Gasteiger charge is 2.32. The lowest BCUT2D eigenvalue weighted by Crippen LogP contribution is -2.53. The number of hydrogen-bond acceptors (Lipinski definition) is 8. The van der Waals surface area contributed by atoms with E-state index in [2.05, 4.69) is 32.6 Å². The predicted octanol–water partition coefficient (Wildman–Crippen LogP) is 1.27. The molecule has 4 N–H and O–H groups in total. The first kappa shape index (κ1) is 23.9. The summed E-state index contributed by atoms with van der Waals surface area (Å²) in [5, 5.41) is 9.80. The molecule has 190 valence electrons. The molecule has 11 nitrogen and oxygen atoms in total. The van der Waals surface area contributed by atoms with Gasteiger partial charge in [-0.3, -0.25) is 9.59 Å². The van der Waals surface area contributed by atoms with Crippen molar-refractivity contribution in [1.29, 1.82) is 0 Å². The second-order valence-electron chi connectivity index (χ2n) is 9.15. The van der Waals surface area contributed by atoms with Gasteiger partial charge in [0.2, 0.25) is 11.9 Å². The van der Waals surface area contributed by atoms with Crippen molar-refractivity contribution in [1.82, 2.24) is 29.8 Å². The molecule has 5 rings (SSSR count). The van der Waals surface area contributed by atoms with Crippen LogP contribution < -0.4 is 21.3 Å². The summed E-state index contributed by atoms with van der Waals surface area (Å²) in [4.78, 5) is 37.5. The van der Waals surface area contributed by atoms with Crippen molar-refractivity contribution in [2.45, 2.75) is 25.8 Å². The van der Waals surface area contributed by atoms with E-state index in [1.807, 2.05) is 9.80 Å². The van der Waals surface area contributed by atoms with E-state index in [-0.39, 0.29) is 40.6 Å². The van der Waals surface area contributed by atoms with E-state index >= 15 is 0 Å². The maximum atomic E-state index is 14.8. The number of piperidine rings is 1. The molecule has 0 spiro atoms. The number of aromatic nitrogens is 4. The standard InChI is InChI=1S/C23H27F2N9O2/c1-13-11-33(9-6-27-13)23(36)14-3-7-32(8-4-14)16-2-5-28-19(25)18(16)30-22(35)17-20(26)31-34-12-15(24)10-29-21(17)34/h2,5,10,12-14,27H,3-4,6-9,11H2,1H3,(H2,26,31)(H,30,35). The molecule has 0 radical (unpaired) electrons. The number of anilines is 3. The van der Waals surface area contributed by atoms with E-state index in [0.29, 0.717) is 44.7 Å². The smallest absolute Gasteiger partial charge is 0.263 e. The summed E-state index contributed by atoms with van der Waals surface area (Å²) in [5.41, 5.74) is 6.16. The Morgan fingerprint density at radius 3 is 2.72 bits per heavy atom. The molecule has 36 heavy (non-hydrogen) atoms. The van der Waals surface area contributed by atoms with Crippen LogP contribution in [0.2, 0.25) is 0 Å². The molecule has 5 heterocycles. The molecule has 2 amide bonds. The number of nitrogens with two attached hydrogens (primary N) is 1. The number of carbonyl (C=O) groups excluding carboxylic acids is 2.